The van der Waals surface area contributed by atoms with Crippen LogP contribution in [-0.4, -0.2) is 28.1 Å². The fourth-order valence-electron chi connectivity index (χ4n) is 2.94. The zero-order chi connectivity index (χ0) is 20.2. The van der Waals surface area contributed by atoms with E-state index in [4.69, 9.17) is 9.31 Å². The lowest BCUT2D eigenvalue weighted by Crippen LogP contribution is -2.41. The number of aryl methyl sites for hydroxylation is 1. The fraction of sp³-hybridized carbons (Fsp3) is 0.500. The molecule has 1 fully saturated rings. The van der Waals surface area contributed by atoms with Crippen LogP contribution < -0.4 is 5.59 Å². The summed E-state index contributed by atoms with van der Waals surface area (Å²) in [5, 5.41) is 4.32. The highest BCUT2D eigenvalue weighted by atomic mass is 19.4. The number of rotatable bonds is 3. The van der Waals surface area contributed by atoms with E-state index in [9.17, 15) is 17.6 Å². The van der Waals surface area contributed by atoms with Gasteiger partial charge in [-0.05, 0) is 57.5 Å². The molecular weight excluding hydrogens is 363 g/mol. The van der Waals surface area contributed by atoms with Crippen molar-refractivity contribution in [2.45, 2.75) is 51.5 Å². The minimum Gasteiger partial charge on any atom is -0.398 e. The second-order valence-corrected chi connectivity index (χ2v) is 7.80. The van der Waals surface area contributed by atoms with Crippen LogP contribution in [0.2, 0.25) is 0 Å². The summed E-state index contributed by atoms with van der Waals surface area (Å²) in [6, 6.07) is 4.21. The van der Waals surface area contributed by atoms with Crippen molar-refractivity contribution in [3.63, 3.8) is 0 Å². The SMILES string of the molecule is Cn1nc(Cc2cc(F)cc(C(F)(F)F)c2)cc1B1OC(C)(C)C(C)(C)O1. The standard InChI is InChI=1S/C18H21BF4N2O2/c1-16(2)17(3,4)27-19(26-16)15-10-14(24-25(15)5)8-11-6-12(18(21,22)23)9-13(20)7-11/h6-7,9-10H,8H2,1-5H3. The average Bonchev–Trinajstić information content (AvgIpc) is 2.94. The minimum absolute atomic E-state index is 0.0637. The van der Waals surface area contributed by atoms with Crippen molar-refractivity contribution in [2.75, 3.05) is 0 Å². The van der Waals surface area contributed by atoms with Gasteiger partial charge in [-0.2, -0.15) is 18.3 Å². The highest BCUT2D eigenvalue weighted by molar-refractivity contribution is 6.61. The Kier molecular flexibility index (Phi) is 4.67. The first kappa shape index (κ1) is 19.9. The zero-order valence-electron chi connectivity index (χ0n) is 15.8. The number of hydrogen-bond acceptors (Lipinski definition) is 3. The normalized spacial score (nSPS) is 18.9. The average molecular weight is 384 g/mol. The maximum atomic E-state index is 13.6. The van der Waals surface area contributed by atoms with Gasteiger partial charge >= 0.3 is 13.3 Å². The summed E-state index contributed by atoms with van der Waals surface area (Å²) in [6.07, 6.45) is -4.54. The molecule has 0 spiro atoms. The first-order valence-corrected chi connectivity index (χ1v) is 8.54. The molecule has 1 aliphatic heterocycles. The Labute approximate surface area is 155 Å². The van der Waals surface area contributed by atoms with Gasteiger partial charge in [0, 0.05) is 13.5 Å². The zero-order valence-corrected chi connectivity index (χ0v) is 15.8. The van der Waals surface area contributed by atoms with Crippen molar-refractivity contribution < 1.29 is 26.9 Å². The summed E-state index contributed by atoms with van der Waals surface area (Å²) >= 11 is 0. The van der Waals surface area contributed by atoms with Gasteiger partial charge in [-0.3, -0.25) is 4.68 Å². The molecule has 0 unspecified atom stereocenters. The van der Waals surface area contributed by atoms with Crippen molar-refractivity contribution >= 4 is 12.7 Å². The molecule has 0 radical (unpaired) electrons. The molecule has 2 aromatic rings. The van der Waals surface area contributed by atoms with Crippen LogP contribution in [0.5, 0.6) is 0 Å². The lowest BCUT2D eigenvalue weighted by Gasteiger charge is -2.32. The molecule has 0 aliphatic carbocycles. The summed E-state index contributed by atoms with van der Waals surface area (Å²) in [5.41, 5.74) is -0.712. The third-order valence-corrected chi connectivity index (χ3v) is 5.13. The molecular formula is C18H21BF4N2O2. The number of aromatic nitrogens is 2. The van der Waals surface area contributed by atoms with E-state index in [1.54, 1.807) is 17.8 Å². The second-order valence-electron chi connectivity index (χ2n) is 7.80. The molecule has 27 heavy (non-hydrogen) atoms. The van der Waals surface area contributed by atoms with E-state index in [1.165, 1.54) is 0 Å². The highest BCUT2D eigenvalue weighted by Crippen LogP contribution is 2.36. The van der Waals surface area contributed by atoms with Crippen LogP contribution in [-0.2, 0) is 29.0 Å². The van der Waals surface area contributed by atoms with Gasteiger partial charge in [-0.15, -0.1) is 0 Å². The van der Waals surface area contributed by atoms with E-state index in [1.807, 2.05) is 27.7 Å². The van der Waals surface area contributed by atoms with Crippen molar-refractivity contribution in [3.05, 3.63) is 46.9 Å². The first-order chi connectivity index (χ1) is 12.3. The molecule has 1 aliphatic rings. The molecule has 3 rings (SSSR count). The number of alkyl halides is 3. The van der Waals surface area contributed by atoms with Gasteiger partial charge in [0.25, 0.3) is 0 Å². The van der Waals surface area contributed by atoms with Crippen LogP contribution in [0.4, 0.5) is 17.6 Å². The topological polar surface area (TPSA) is 36.3 Å². The Morgan fingerprint density at radius 2 is 1.63 bits per heavy atom. The van der Waals surface area contributed by atoms with Crippen LogP contribution in [0, 0.1) is 5.82 Å². The molecule has 4 nitrogen and oxygen atoms in total. The van der Waals surface area contributed by atoms with Gasteiger partial charge in [0.05, 0.1) is 28.1 Å². The van der Waals surface area contributed by atoms with Gasteiger partial charge in [0.1, 0.15) is 5.82 Å². The van der Waals surface area contributed by atoms with Crippen molar-refractivity contribution in [2.24, 2.45) is 7.05 Å². The van der Waals surface area contributed by atoms with Crippen molar-refractivity contribution in [3.8, 4) is 0 Å². The summed E-state index contributed by atoms with van der Waals surface area (Å²) in [4.78, 5) is 0. The lowest BCUT2D eigenvalue weighted by molar-refractivity contribution is -0.137. The molecule has 0 amide bonds. The molecule has 2 heterocycles. The molecule has 0 atom stereocenters. The molecule has 146 valence electrons. The minimum atomic E-state index is -4.60. The molecule has 0 N–H and O–H groups in total. The molecule has 1 saturated heterocycles. The Morgan fingerprint density at radius 1 is 1.04 bits per heavy atom. The predicted octanol–water partition coefficient (Wildman–Crippen LogP) is 3.47. The fourth-order valence-corrected chi connectivity index (χ4v) is 2.94. The van der Waals surface area contributed by atoms with E-state index in [0.717, 1.165) is 12.1 Å². The maximum Gasteiger partial charge on any atom is 0.514 e. The Morgan fingerprint density at radius 3 is 2.19 bits per heavy atom. The molecule has 0 saturated carbocycles. The Hall–Kier alpha value is -1.87. The quantitative estimate of drug-likeness (QED) is 0.601. The Balaban J connectivity index is 1.85. The van der Waals surface area contributed by atoms with E-state index in [0.29, 0.717) is 17.4 Å². The van der Waals surface area contributed by atoms with Crippen LogP contribution in [0.3, 0.4) is 0 Å². The summed E-state index contributed by atoms with van der Waals surface area (Å²) in [5.74, 6) is -0.929. The van der Waals surface area contributed by atoms with E-state index >= 15 is 0 Å². The van der Waals surface area contributed by atoms with Gasteiger partial charge < -0.3 is 9.31 Å². The molecule has 1 aromatic carbocycles. The number of nitrogens with zero attached hydrogens (tertiary/aromatic N) is 2. The number of benzene rings is 1. The van der Waals surface area contributed by atoms with Gasteiger partial charge in [0.15, 0.2) is 0 Å². The Bertz CT molecular complexity index is 846. The number of halogens is 4. The molecule has 0 bridgehead atoms. The number of hydrogen-bond donors (Lipinski definition) is 0. The monoisotopic (exact) mass is 384 g/mol. The van der Waals surface area contributed by atoms with E-state index in [-0.39, 0.29) is 12.0 Å². The summed E-state index contributed by atoms with van der Waals surface area (Å²) in [6.45, 7) is 7.71. The van der Waals surface area contributed by atoms with E-state index < -0.39 is 35.9 Å². The smallest absolute Gasteiger partial charge is 0.398 e. The third-order valence-electron chi connectivity index (χ3n) is 5.13. The van der Waals surface area contributed by atoms with E-state index in [2.05, 4.69) is 5.10 Å². The lowest BCUT2D eigenvalue weighted by atomic mass is 9.84. The van der Waals surface area contributed by atoms with Crippen molar-refractivity contribution in [1.29, 1.82) is 0 Å². The third kappa shape index (κ3) is 3.89. The van der Waals surface area contributed by atoms with Crippen molar-refractivity contribution in [1.82, 2.24) is 9.78 Å². The molecule has 1 aromatic heterocycles. The van der Waals surface area contributed by atoms with Crippen LogP contribution in [0.25, 0.3) is 0 Å². The highest BCUT2D eigenvalue weighted by Gasteiger charge is 2.52. The molecule has 9 heteroatoms. The maximum absolute atomic E-state index is 13.6. The van der Waals surface area contributed by atoms with Crippen LogP contribution >= 0.6 is 0 Å². The van der Waals surface area contributed by atoms with Gasteiger partial charge in [0.2, 0.25) is 0 Å². The first-order valence-electron chi connectivity index (χ1n) is 8.54. The predicted molar refractivity (Wildman–Crippen MR) is 93.1 cm³/mol. The van der Waals surface area contributed by atoms with Gasteiger partial charge in [-0.1, -0.05) is 0 Å². The summed E-state index contributed by atoms with van der Waals surface area (Å²) in [7, 11) is 1.07. The summed E-state index contributed by atoms with van der Waals surface area (Å²) < 4.78 is 65.8. The second kappa shape index (κ2) is 6.34. The van der Waals surface area contributed by atoms with Crippen LogP contribution in [0.15, 0.2) is 24.3 Å². The van der Waals surface area contributed by atoms with Crippen LogP contribution in [0.1, 0.15) is 44.5 Å². The largest absolute Gasteiger partial charge is 0.514 e. The van der Waals surface area contributed by atoms with Gasteiger partial charge in [-0.25, -0.2) is 4.39 Å².